The second kappa shape index (κ2) is 9.05. The average molecular weight is 444 g/mol. The van der Waals surface area contributed by atoms with Crippen LogP contribution < -0.4 is 4.74 Å². The average Bonchev–Trinajstić information content (AvgIpc) is 3.53. The van der Waals surface area contributed by atoms with Gasteiger partial charge in [0.05, 0.1) is 16.5 Å². The van der Waals surface area contributed by atoms with Gasteiger partial charge < -0.3 is 4.74 Å². The number of nitriles is 1. The molecule has 1 aliphatic heterocycles. The Morgan fingerprint density at radius 2 is 2.09 bits per heavy atom. The first kappa shape index (κ1) is 21.2. The van der Waals surface area contributed by atoms with E-state index in [1.54, 1.807) is 16.9 Å². The van der Waals surface area contributed by atoms with Gasteiger partial charge in [0.25, 0.3) is 0 Å². The summed E-state index contributed by atoms with van der Waals surface area (Å²) < 4.78 is 5.77. The van der Waals surface area contributed by atoms with Crippen molar-refractivity contribution in [2.45, 2.75) is 58.1 Å². The van der Waals surface area contributed by atoms with E-state index >= 15 is 0 Å². The van der Waals surface area contributed by atoms with Gasteiger partial charge in [-0.15, -0.1) is 11.3 Å². The van der Waals surface area contributed by atoms with Crippen molar-refractivity contribution in [2.24, 2.45) is 0 Å². The number of fused-ring (bicyclic) bond motifs is 1. The predicted octanol–water partition coefficient (Wildman–Crippen LogP) is 6.37. The van der Waals surface area contributed by atoms with Crippen LogP contribution in [0.4, 0.5) is 0 Å². The van der Waals surface area contributed by atoms with Crippen LogP contribution in [0.2, 0.25) is 0 Å². The van der Waals surface area contributed by atoms with E-state index in [0.717, 1.165) is 23.4 Å². The van der Waals surface area contributed by atoms with Crippen LogP contribution in [0.3, 0.4) is 0 Å². The van der Waals surface area contributed by atoms with Crippen LogP contribution in [0.25, 0.3) is 16.1 Å². The van der Waals surface area contributed by atoms with E-state index < -0.39 is 0 Å². The number of rotatable bonds is 5. The molecule has 5 rings (SSSR count). The summed E-state index contributed by atoms with van der Waals surface area (Å²) in [4.78, 5) is 8.63. The number of hydrogen-bond donors (Lipinski definition) is 0. The van der Waals surface area contributed by atoms with E-state index in [0.29, 0.717) is 17.4 Å². The number of allylic oxidation sites excluding steroid dienone is 4. The lowest BCUT2D eigenvalue weighted by Crippen LogP contribution is -2.31. The van der Waals surface area contributed by atoms with Gasteiger partial charge in [0, 0.05) is 17.8 Å². The fourth-order valence-electron chi connectivity index (χ4n) is 5.12. The number of hydrogen-bond acceptors (Lipinski definition) is 5. The minimum atomic E-state index is 0.0351. The van der Waals surface area contributed by atoms with Crippen LogP contribution in [0.15, 0.2) is 53.8 Å². The zero-order chi connectivity index (χ0) is 22.1. The van der Waals surface area contributed by atoms with Gasteiger partial charge in [0.1, 0.15) is 16.8 Å². The lowest BCUT2D eigenvalue weighted by molar-refractivity contribution is 0.242. The monoisotopic (exact) mass is 443 g/mol. The van der Waals surface area contributed by atoms with Crippen molar-refractivity contribution in [1.82, 2.24) is 9.88 Å². The van der Waals surface area contributed by atoms with Crippen molar-refractivity contribution < 1.29 is 4.74 Å². The van der Waals surface area contributed by atoms with Gasteiger partial charge in [0.2, 0.25) is 0 Å². The molecule has 2 heterocycles. The number of thiazole rings is 1. The zero-order valence-electron chi connectivity index (χ0n) is 18.8. The highest BCUT2D eigenvalue weighted by atomic mass is 32.1. The second-order valence-corrected chi connectivity index (χ2v) is 10.0. The molecule has 164 valence electrons. The molecule has 4 nitrogen and oxygen atoms in total. The molecule has 1 unspecified atom stereocenters. The van der Waals surface area contributed by atoms with Gasteiger partial charge in [-0.2, -0.15) is 5.26 Å². The van der Waals surface area contributed by atoms with E-state index in [4.69, 9.17) is 9.72 Å². The van der Waals surface area contributed by atoms with Gasteiger partial charge >= 0.3 is 0 Å². The summed E-state index contributed by atoms with van der Waals surface area (Å²) in [5, 5.41) is 10.5. The molecule has 1 atom stereocenters. The largest absolute Gasteiger partial charge is 0.490 e. The molecule has 0 bridgehead atoms. The summed E-state index contributed by atoms with van der Waals surface area (Å²) >= 11 is 1.71. The zero-order valence-corrected chi connectivity index (χ0v) is 19.6. The fourth-order valence-corrected chi connectivity index (χ4v) is 6.08. The second-order valence-electron chi connectivity index (χ2n) is 9.01. The summed E-state index contributed by atoms with van der Waals surface area (Å²) in [6.07, 6.45) is 15.1. The van der Waals surface area contributed by atoms with Gasteiger partial charge in [0.15, 0.2) is 0 Å². The third-order valence-electron chi connectivity index (χ3n) is 6.52. The molecule has 2 aliphatic carbocycles. The van der Waals surface area contributed by atoms with Crippen LogP contribution in [0, 0.1) is 11.3 Å². The van der Waals surface area contributed by atoms with E-state index in [2.05, 4.69) is 29.2 Å². The lowest BCUT2D eigenvalue weighted by Gasteiger charge is -2.24. The van der Waals surface area contributed by atoms with E-state index in [9.17, 15) is 5.26 Å². The van der Waals surface area contributed by atoms with Crippen molar-refractivity contribution in [2.75, 3.05) is 13.1 Å². The molecule has 0 radical (unpaired) electrons. The normalized spacial score (nSPS) is 20.9. The molecular weight excluding hydrogens is 414 g/mol. The number of ether oxygens (including phenoxy) is 1. The first-order chi connectivity index (χ1) is 15.6. The Balaban J connectivity index is 1.46. The Labute approximate surface area is 194 Å². The summed E-state index contributed by atoms with van der Waals surface area (Å²) in [6, 6.07) is 8.65. The van der Waals surface area contributed by atoms with Gasteiger partial charge in [-0.3, -0.25) is 4.90 Å². The van der Waals surface area contributed by atoms with E-state index in [1.165, 1.54) is 48.4 Å². The molecule has 2 aromatic rings. The lowest BCUT2D eigenvalue weighted by atomic mass is 10.0. The molecule has 0 N–H and O–H groups in total. The van der Waals surface area contributed by atoms with Crippen LogP contribution in [0.1, 0.15) is 56.4 Å². The highest BCUT2D eigenvalue weighted by Gasteiger charge is 2.33. The van der Waals surface area contributed by atoms with Crippen molar-refractivity contribution in [3.8, 4) is 22.4 Å². The SMILES string of the molecule is CC(C)Oc1ccc(-c2ncc(C3=C4CCC(N5CCCC5)C4=CCC=C3)s2)cc1C#N. The molecule has 0 amide bonds. The first-order valence-electron chi connectivity index (χ1n) is 11.7. The minimum Gasteiger partial charge on any atom is -0.490 e. The maximum atomic E-state index is 9.59. The van der Waals surface area contributed by atoms with Crippen molar-refractivity contribution >= 4 is 16.9 Å². The van der Waals surface area contributed by atoms with Crippen LogP contribution in [-0.4, -0.2) is 35.1 Å². The quantitative estimate of drug-likeness (QED) is 0.539. The smallest absolute Gasteiger partial charge is 0.137 e. The third-order valence-corrected chi connectivity index (χ3v) is 7.60. The Morgan fingerprint density at radius 1 is 1.25 bits per heavy atom. The topological polar surface area (TPSA) is 49.1 Å². The maximum absolute atomic E-state index is 9.59. The molecule has 3 aliphatic rings. The highest BCUT2D eigenvalue weighted by molar-refractivity contribution is 7.16. The number of likely N-dealkylation sites (tertiary alicyclic amines) is 1. The Bertz CT molecular complexity index is 1140. The minimum absolute atomic E-state index is 0.0351. The molecule has 0 spiro atoms. The van der Waals surface area contributed by atoms with Crippen LogP contribution in [0.5, 0.6) is 5.75 Å². The molecule has 1 saturated carbocycles. The Hall–Kier alpha value is -2.68. The van der Waals surface area contributed by atoms with Crippen LogP contribution >= 0.6 is 11.3 Å². The highest BCUT2D eigenvalue weighted by Crippen LogP contribution is 2.43. The fraction of sp³-hybridized carbons (Fsp3) is 0.407. The maximum Gasteiger partial charge on any atom is 0.137 e. The van der Waals surface area contributed by atoms with Crippen molar-refractivity contribution in [3.05, 3.63) is 64.2 Å². The van der Waals surface area contributed by atoms with Crippen LogP contribution in [-0.2, 0) is 0 Å². The third kappa shape index (κ3) is 4.05. The van der Waals surface area contributed by atoms with Gasteiger partial charge in [-0.05, 0) is 94.0 Å². The summed E-state index contributed by atoms with van der Waals surface area (Å²) in [7, 11) is 0. The molecular formula is C27H29N3OS. The molecule has 32 heavy (non-hydrogen) atoms. The number of aromatic nitrogens is 1. The summed E-state index contributed by atoms with van der Waals surface area (Å²) in [5.41, 5.74) is 5.90. The molecule has 1 aromatic carbocycles. The first-order valence-corrected chi connectivity index (χ1v) is 12.5. The summed E-state index contributed by atoms with van der Waals surface area (Å²) in [5.74, 6) is 0.633. The molecule has 1 aromatic heterocycles. The van der Waals surface area contributed by atoms with Gasteiger partial charge in [-0.25, -0.2) is 4.98 Å². The Kier molecular flexibility index (Phi) is 5.99. The summed E-state index contributed by atoms with van der Waals surface area (Å²) in [6.45, 7) is 6.41. The standard InChI is InChI=1S/C27H29N3OS/c1-18(2)31-25-12-9-19(15-20(25)16-28)27-29-17-26(32-27)23-8-4-3-7-22-21(23)10-11-24(22)30-13-5-6-14-30/h4,7-9,12,15,17-18,24H,3,5-6,10-11,13-14H2,1-2H3. The van der Waals surface area contributed by atoms with Crippen molar-refractivity contribution in [3.63, 3.8) is 0 Å². The number of nitrogens with zero attached hydrogens (tertiary/aromatic N) is 3. The van der Waals surface area contributed by atoms with E-state index in [1.807, 2.05) is 38.2 Å². The molecule has 5 heteroatoms. The van der Waals surface area contributed by atoms with Crippen molar-refractivity contribution in [1.29, 1.82) is 5.26 Å². The molecule has 1 saturated heterocycles. The number of benzene rings is 1. The van der Waals surface area contributed by atoms with E-state index in [-0.39, 0.29) is 6.10 Å². The van der Waals surface area contributed by atoms with Gasteiger partial charge in [-0.1, -0.05) is 18.2 Å². The predicted molar refractivity (Wildman–Crippen MR) is 131 cm³/mol. The Morgan fingerprint density at radius 3 is 2.88 bits per heavy atom. The molecule has 2 fully saturated rings.